The van der Waals surface area contributed by atoms with Gasteiger partial charge in [-0.1, -0.05) is 6.58 Å². The van der Waals surface area contributed by atoms with E-state index in [1.165, 1.54) is 0 Å². The van der Waals surface area contributed by atoms with E-state index in [1.807, 2.05) is 0 Å². The standard InChI is InChI=1S/C13H26NO2/c1-6-14(7-2,8-3)10-9-11-16-13(15)12(4)5/h4,6-11H2,1-3,5H3/q+1. The Morgan fingerprint density at radius 3 is 2.06 bits per heavy atom. The van der Waals surface area contributed by atoms with Crippen LogP contribution in [0.5, 0.6) is 0 Å². The highest BCUT2D eigenvalue weighted by Crippen LogP contribution is 2.07. The minimum absolute atomic E-state index is 0.275. The lowest BCUT2D eigenvalue weighted by molar-refractivity contribution is -0.923. The molecule has 0 N–H and O–H groups in total. The molecule has 94 valence electrons. The Morgan fingerprint density at radius 1 is 1.19 bits per heavy atom. The van der Waals surface area contributed by atoms with Crippen LogP contribution in [0.15, 0.2) is 12.2 Å². The number of hydrogen-bond acceptors (Lipinski definition) is 2. The minimum atomic E-state index is -0.275. The van der Waals surface area contributed by atoms with Crippen LogP contribution in [0.25, 0.3) is 0 Å². The fraction of sp³-hybridized carbons (Fsp3) is 0.769. The Hall–Kier alpha value is -0.830. The zero-order valence-electron chi connectivity index (χ0n) is 11.2. The summed E-state index contributed by atoms with van der Waals surface area (Å²) in [6.07, 6.45) is 0.925. The fourth-order valence-electron chi connectivity index (χ4n) is 1.83. The molecule has 16 heavy (non-hydrogen) atoms. The van der Waals surface area contributed by atoms with Crippen molar-refractivity contribution in [2.75, 3.05) is 32.8 Å². The van der Waals surface area contributed by atoms with Crippen molar-refractivity contribution < 1.29 is 14.0 Å². The summed E-state index contributed by atoms with van der Waals surface area (Å²) < 4.78 is 6.19. The molecule has 0 unspecified atom stereocenters. The first-order chi connectivity index (χ1) is 7.51. The van der Waals surface area contributed by atoms with Crippen molar-refractivity contribution >= 4 is 5.97 Å². The van der Waals surface area contributed by atoms with Gasteiger partial charge in [-0.25, -0.2) is 4.79 Å². The van der Waals surface area contributed by atoms with E-state index in [0.717, 1.165) is 37.1 Å². The van der Waals surface area contributed by atoms with Gasteiger partial charge in [0.25, 0.3) is 0 Å². The van der Waals surface area contributed by atoms with Crippen molar-refractivity contribution in [1.82, 2.24) is 0 Å². The molecule has 3 nitrogen and oxygen atoms in total. The number of carbonyl (C=O) groups excluding carboxylic acids is 1. The predicted octanol–water partition coefficient (Wildman–Crippen LogP) is 2.37. The summed E-state index contributed by atoms with van der Waals surface area (Å²) in [6.45, 7) is 16.9. The van der Waals surface area contributed by atoms with Crippen LogP contribution >= 0.6 is 0 Å². The van der Waals surface area contributed by atoms with E-state index in [1.54, 1.807) is 6.92 Å². The quantitative estimate of drug-likeness (QED) is 0.276. The maximum absolute atomic E-state index is 11.1. The van der Waals surface area contributed by atoms with Gasteiger partial charge in [0.05, 0.1) is 32.8 Å². The molecular weight excluding hydrogens is 202 g/mol. The Labute approximate surface area is 99.7 Å². The highest BCUT2D eigenvalue weighted by Gasteiger charge is 2.19. The molecule has 0 atom stereocenters. The van der Waals surface area contributed by atoms with Gasteiger partial charge in [0.2, 0.25) is 0 Å². The maximum Gasteiger partial charge on any atom is 0.333 e. The molecule has 0 saturated heterocycles. The molecule has 0 aromatic carbocycles. The first-order valence-electron chi connectivity index (χ1n) is 6.19. The lowest BCUT2D eigenvalue weighted by Crippen LogP contribution is -2.48. The molecule has 0 aliphatic rings. The lowest BCUT2D eigenvalue weighted by atomic mass is 10.3. The third-order valence-electron chi connectivity index (χ3n) is 3.37. The monoisotopic (exact) mass is 228 g/mol. The summed E-state index contributed by atoms with van der Waals surface area (Å²) in [5.41, 5.74) is 0.474. The van der Waals surface area contributed by atoms with Crippen LogP contribution in [-0.2, 0) is 9.53 Å². The van der Waals surface area contributed by atoms with Gasteiger partial charge >= 0.3 is 5.97 Å². The Morgan fingerprint density at radius 2 is 1.69 bits per heavy atom. The molecule has 0 amide bonds. The van der Waals surface area contributed by atoms with Gasteiger partial charge in [-0.15, -0.1) is 0 Å². The third kappa shape index (κ3) is 4.79. The average molecular weight is 228 g/mol. The van der Waals surface area contributed by atoms with Crippen molar-refractivity contribution in [3.8, 4) is 0 Å². The van der Waals surface area contributed by atoms with E-state index in [0.29, 0.717) is 12.2 Å². The molecule has 0 spiro atoms. The van der Waals surface area contributed by atoms with E-state index in [2.05, 4.69) is 27.4 Å². The van der Waals surface area contributed by atoms with Gasteiger partial charge in [-0.2, -0.15) is 0 Å². The first kappa shape index (κ1) is 15.2. The second kappa shape index (κ2) is 7.44. The van der Waals surface area contributed by atoms with E-state index in [4.69, 9.17) is 4.74 Å². The maximum atomic E-state index is 11.1. The predicted molar refractivity (Wildman–Crippen MR) is 67.1 cm³/mol. The zero-order valence-corrected chi connectivity index (χ0v) is 11.2. The average Bonchev–Trinajstić information content (AvgIpc) is 2.30. The van der Waals surface area contributed by atoms with Crippen LogP contribution in [0.1, 0.15) is 34.1 Å². The number of hydrogen-bond donors (Lipinski definition) is 0. The molecule has 0 radical (unpaired) electrons. The Bertz CT molecular complexity index is 224. The van der Waals surface area contributed by atoms with Crippen molar-refractivity contribution in [3.63, 3.8) is 0 Å². The number of rotatable bonds is 8. The van der Waals surface area contributed by atoms with E-state index in [-0.39, 0.29) is 5.97 Å². The van der Waals surface area contributed by atoms with Crippen LogP contribution in [0.4, 0.5) is 0 Å². The lowest BCUT2D eigenvalue weighted by Gasteiger charge is -2.35. The molecular formula is C13H26NO2+. The molecule has 0 saturated carbocycles. The highest BCUT2D eigenvalue weighted by atomic mass is 16.5. The summed E-state index contributed by atoms with van der Waals surface area (Å²) in [5, 5.41) is 0. The van der Waals surface area contributed by atoms with Crippen molar-refractivity contribution in [2.45, 2.75) is 34.1 Å². The van der Waals surface area contributed by atoms with Gasteiger partial charge in [-0.05, 0) is 27.7 Å². The molecule has 0 aliphatic heterocycles. The normalized spacial score (nSPS) is 11.2. The number of carbonyl (C=O) groups is 1. The molecule has 0 fully saturated rings. The van der Waals surface area contributed by atoms with Crippen LogP contribution in [0.2, 0.25) is 0 Å². The van der Waals surface area contributed by atoms with Crippen LogP contribution in [0, 0.1) is 0 Å². The second-order valence-corrected chi connectivity index (χ2v) is 4.28. The molecule has 0 bridgehead atoms. The van der Waals surface area contributed by atoms with Crippen molar-refractivity contribution in [1.29, 1.82) is 0 Å². The van der Waals surface area contributed by atoms with Gasteiger partial charge in [0.1, 0.15) is 0 Å². The molecule has 0 aromatic rings. The number of quaternary nitrogens is 1. The third-order valence-corrected chi connectivity index (χ3v) is 3.37. The number of ether oxygens (including phenoxy) is 1. The van der Waals surface area contributed by atoms with Gasteiger partial charge < -0.3 is 9.22 Å². The molecule has 0 aromatic heterocycles. The smallest absolute Gasteiger partial charge is 0.333 e. The van der Waals surface area contributed by atoms with Gasteiger partial charge in [0.15, 0.2) is 0 Å². The highest BCUT2D eigenvalue weighted by molar-refractivity contribution is 5.86. The van der Waals surface area contributed by atoms with E-state index in [9.17, 15) is 4.79 Å². The molecule has 0 rings (SSSR count). The van der Waals surface area contributed by atoms with Crippen molar-refractivity contribution in [3.05, 3.63) is 12.2 Å². The number of esters is 1. The van der Waals surface area contributed by atoms with E-state index >= 15 is 0 Å². The summed E-state index contributed by atoms with van der Waals surface area (Å²) in [7, 11) is 0. The molecule has 0 heterocycles. The van der Waals surface area contributed by atoms with E-state index < -0.39 is 0 Å². The summed E-state index contributed by atoms with van der Waals surface area (Å²) >= 11 is 0. The van der Waals surface area contributed by atoms with Crippen LogP contribution in [0.3, 0.4) is 0 Å². The topological polar surface area (TPSA) is 26.3 Å². The summed E-state index contributed by atoms with van der Waals surface area (Å²) in [5.74, 6) is -0.275. The summed E-state index contributed by atoms with van der Waals surface area (Å²) in [6, 6.07) is 0. The van der Waals surface area contributed by atoms with Crippen LogP contribution in [-0.4, -0.2) is 43.2 Å². The largest absolute Gasteiger partial charge is 0.462 e. The van der Waals surface area contributed by atoms with Gasteiger partial charge in [-0.3, -0.25) is 0 Å². The Kier molecular flexibility index (Phi) is 7.06. The second-order valence-electron chi connectivity index (χ2n) is 4.28. The van der Waals surface area contributed by atoms with Gasteiger partial charge in [0, 0.05) is 12.0 Å². The minimum Gasteiger partial charge on any atom is -0.462 e. The first-order valence-corrected chi connectivity index (χ1v) is 6.19. The number of nitrogens with zero attached hydrogens (tertiary/aromatic N) is 1. The fourth-order valence-corrected chi connectivity index (χ4v) is 1.83. The Balaban J connectivity index is 3.88. The molecule has 3 heteroatoms. The van der Waals surface area contributed by atoms with Crippen LogP contribution < -0.4 is 0 Å². The summed E-state index contributed by atoms with van der Waals surface area (Å²) in [4.78, 5) is 11.1. The van der Waals surface area contributed by atoms with Crippen molar-refractivity contribution in [2.24, 2.45) is 0 Å². The molecule has 0 aliphatic carbocycles. The SMILES string of the molecule is C=C(C)C(=O)OCCC[N+](CC)(CC)CC. The zero-order chi connectivity index (χ0) is 12.6.